The van der Waals surface area contributed by atoms with Crippen molar-refractivity contribution in [1.29, 1.82) is 0 Å². The van der Waals surface area contributed by atoms with Crippen molar-refractivity contribution in [1.82, 2.24) is 15.6 Å². The summed E-state index contributed by atoms with van der Waals surface area (Å²) in [6.07, 6.45) is 2.00. The Kier molecular flexibility index (Phi) is 6.59. The molecule has 6 heteroatoms. The van der Waals surface area contributed by atoms with E-state index in [4.69, 9.17) is 0 Å². The van der Waals surface area contributed by atoms with Crippen molar-refractivity contribution < 1.29 is 0 Å². The summed E-state index contributed by atoms with van der Waals surface area (Å²) in [5.74, 6) is 0.865. The van der Waals surface area contributed by atoms with Crippen LogP contribution in [0.1, 0.15) is 32.3 Å². The van der Waals surface area contributed by atoms with Gasteiger partial charge in [-0.15, -0.1) is 22.7 Å². The molecule has 0 spiro atoms. The van der Waals surface area contributed by atoms with E-state index in [0.717, 1.165) is 36.0 Å². The molecule has 1 unspecified atom stereocenters. The third-order valence-electron chi connectivity index (χ3n) is 3.55. The zero-order chi connectivity index (χ0) is 16.8. The molecule has 4 nitrogen and oxygen atoms in total. The quantitative estimate of drug-likeness (QED) is 0.619. The Morgan fingerprint density at radius 2 is 2.04 bits per heavy atom. The molecule has 1 atom stereocenters. The van der Waals surface area contributed by atoms with Crippen LogP contribution in [0.5, 0.6) is 0 Å². The Balaban J connectivity index is 1.77. The van der Waals surface area contributed by atoms with Gasteiger partial charge in [0, 0.05) is 47.1 Å². The molecule has 0 radical (unpaired) electrons. The third-order valence-corrected chi connectivity index (χ3v) is 5.71. The molecule has 0 aliphatic carbocycles. The van der Waals surface area contributed by atoms with Crippen molar-refractivity contribution in [3.63, 3.8) is 0 Å². The lowest BCUT2D eigenvalue weighted by atomic mass is 10.2. The molecule has 0 saturated heterocycles. The highest BCUT2D eigenvalue weighted by Gasteiger charge is 2.09. The predicted octanol–water partition coefficient (Wildman–Crippen LogP) is 3.47. The lowest BCUT2D eigenvalue weighted by molar-refractivity contribution is 0.645. The van der Waals surface area contributed by atoms with Crippen LogP contribution in [-0.2, 0) is 12.8 Å². The number of nitrogens with one attached hydrogen (secondary N) is 2. The van der Waals surface area contributed by atoms with Gasteiger partial charge < -0.3 is 10.6 Å². The molecule has 0 amide bonds. The Hall–Kier alpha value is -1.40. The highest BCUT2D eigenvalue weighted by Crippen LogP contribution is 2.17. The topological polar surface area (TPSA) is 49.3 Å². The lowest BCUT2D eigenvalue weighted by Crippen LogP contribution is -2.43. The Morgan fingerprint density at radius 1 is 1.26 bits per heavy atom. The van der Waals surface area contributed by atoms with Crippen molar-refractivity contribution >= 4 is 28.6 Å². The highest BCUT2D eigenvalue weighted by molar-refractivity contribution is 7.12. The number of aromatic nitrogens is 1. The molecular formula is C17H26N4S2. The molecule has 2 aromatic heterocycles. The second kappa shape index (κ2) is 8.45. The number of nitrogens with zero attached hydrogens (tertiary/aromatic N) is 2. The molecule has 2 aromatic rings. The van der Waals surface area contributed by atoms with Gasteiger partial charge in [0.15, 0.2) is 5.96 Å². The summed E-state index contributed by atoms with van der Waals surface area (Å²) in [7, 11) is 1.82. The fourth-order valence-electron chi connectivity index (χ4n) is 2.48. The fourth-order valence-corrected chi connectivity index (χ4v) is 4.43. The molecule has 23 heavy (non-hydrogen) atoms. The van der Waals surface area contributed by atoms with Crippen molar-refractivity contribution in [2.75, 3.05) is 13.6 Å². The van der Waals surface area contributed by atoms with E-state index in [0.29, 0.717) is 6.04 Å². The summed E-state index contributed by atoms with van der Waals surface area (Å²) >= 11 is 3.65. The molecule has 0 aliphatic rings. The second-order valence-electron chi connectivity index (χ2n) is 5.75. The minimum absolute atomic E-state index is 0.353. The molecule has 0 aliphatic heterocycles. The first-order valence-electron chi connectivity index (χ1n) is 7.93. The Bertz CT molecular complexity index is 657. The standard InChI is InChI=1S/C17H26N4S2/c1-11(10-15-7-6-12(2)22-15)20-17(18-5)19-9-8-16-13(3)21-14(4)23-16/h6-7,11H,8-10H2,1-5H3,(H2,18,19,20). The number of hydrogen-bond acceptors (Lipinski definition) is 4. The van der Waals surface area contributed by atoms with Crippen LogP contribution < -0.4 is 10.6 Å². The van der Waals surface area contributed by atoms with Gasteiger partial charge in [0.25, 0.3) is 0 Å². The average molecular weight is 351 g/mol. The number of thiophene rings is 1. The monoisotopic (exact) mass is 350 g/mol. The third kappa shape index (κ3) is 5.62. The van der Waals surface area contributed by atoms with E-state index in [9.17, 15) is 0 Å². The van der Waals surface area contributed by atoms with Crippen molar-refractivity contribution in [2.24, 2.45) is 4.99 Å². The van der Waals surface area contributed by atoms with Crippen LogP contribution >= 0.6 is 22.7 Å². The zero-order valence-corrected chi connectivity index (χ0v) is 16.2. The molecule has 0 bridgehead atoms. The van der Waals surface area contributed by atoms with Gasteiger partial charge in [0.2, 0.25) is 0 Å². The molecule has 0 fully saturated rings. The summed E-state index contributed by atoms with van der Waals surface area (Å²) in [5, 5.41) is 8.00. The van der Waals surface area contributed by atoms with E-state index in [2.05, 4.69) is 60.4 Å². The summed E-state index contributed by atoms with van der Waals surface area (Å²) in [5.41, 5.74) is 1.15. The van der Waals surface area contributed by atoms with Crippen molar-refractivity contribution in [2.45, 2.75) is 46.6 Å². The zero-order valence-electron chi connectivity index (χ0n) is 14.6. The molecule has 126 valence electrons. The number of guanidine groups is 1. The number of hydrogen-bond donors (Lipinski definition) is 2. The average Bonchev–Trinajstić information content (AvgIpc) is 3.03. The predicted molar refractivity (Wildman–Crippen MR) is 102 cm³/mol. The van der Waals surface area contributed by atoms with Gasteiger partial charge in [0.05, 0.1) is 10.7 Å². The van der Waals surface area contributed by atoms with Crippen molar-refractivity contribution in [3.05, 3.63) is 37.5 Å². The van der Waals surface area contributed by atoms with E-state index < -0.39 is 0 Å². The number of aliphatic imine (C=N–C) groups is 1. The normalized spacial score (nSPS) is 13.2. The Morgan fingerprint density at radius 3 is 2.61 bits per heavy atom. The van der Waals surface area contributed by atoms with Crippen LogP contribution in [-0.4, -0.2) is 30.6 Å². The first-order chi connectivity index (χ1) is 11.0. The summed E-state index contributed by atoms with van der Waals surface area (Å²) in [6, 6.07) is 4.74. The first-order valence-corrected chi connectivity index (χ1v) is 9.56. The van der Waals surface area contributed by atoms with E-state index in [-0.39, 0.29) is 0 Å². The lowest BCUT2D eigenvalue weighted by Gasteiger charge is -2.17. The van der Waals surface area contributed by atoms with Crippen LogP contribution in [0.4, 0.5) is 0 Å². The summed E-state index contributed by atoms with van der Waals surface area (Å²) in [6.45, 7) is 9.35. The minimum Gasteiger partial charge on any atom is -0.356 e. The molecule has 0 saturated carbocycles. The largest absolute Gasteiger partial charge is 0.356 e. The molecule has 0 aromatic carbocycles. The smallest absolute Gasteiger partial charge is 0.191 e. The van der Waals surface area contributed by atoms with E-state index in [1.54, 1.807) is 11.3 Å². The van der Waals surface area contributed by atoms with Crippen LogP contribution in [0.15, 0.2) is 17.1 Å². The maximum atomic E-state index is 4.47. The van der Waals surface area contributed by atoms with Gasteiger partial charge in [-0.05, 0) is 39.8 Å². The molecule has 2 N–H and O–H groups in total. The fraction of sp³-hybridized carbons (Fsp3) is 0.529. The minimum atomic E-state index is 0.353. The molecular weight excluding hydrogens is 324 g/mol. The van der Waals surface area contributed by atoms with Crippen molar-refractivity contribution in [3.8, 4) is 0 Å². The van der Waals surface area contributed by atoms with Gasteiger partial charge in [-0.1, -0.05) is 0 Å². The molecule has 2 rings (SSSR count). The van der Waals surface area contributed by atoms with E-state index in [1.807, 2.05) is 18.4 Å². The maximum Gasteiger partial charge on any atom is 0.191 e. The number of thiazole rings is 1. The van der Waals surface area contributed by atoms with Crippen LogP contribution in [0.2, 0.25) is 0 Å². The van der Waals surface area contributed by atoms with Crippen LogP contribution in [0.25, 0.3) is 0 Å². The number of aryl methyl sites for hydroxylation is 3. The van der Waals surface area contributed by atoms with E-state index in [1.165, 1.54) is 14.6 Å². The van der Waals surface area contributed by atoms with Gasteiger partial charge in [0.1, 0.15) is 0 Å². The maximum absolute atomic E-state index is 4.47. The number of rotatable bonds is 6. The summed E-state index contributed by atoms with van der Waals surface area (Å²) in [4.78, 5) is 12.9. The van der Waals surface area contributed by atoms with Crippen LogP contribution in [0, 0.1) is 20.8 Å². The summed E-state index contributed by atoms with van der Waals surface area (Å²) < 4.78 is 0. The highest BCUT2D eigenvalue weighted by atomic mass is 32.1. The van der Waals surface area contributed by atoms with Gasteiger partial charge in [-0.2, -0.15) is 0 Å². The van der Waals surface area contributed by atoms with Gasteiger partial charge in [-0.3, -0.25) is 4.99 Å². The van der Waals surface area contributed by atoms with Crippen LogP contribution in [0.3, 0.4) is 0 Å². The SMILES string of the molecule is CN=C(NCCc1sc(C)nc1C)NC(C)Cc1ccc(C)s1. The van der Waals surface area contributed by atoms with Gasteiger partial charge >= 0.3 is 0 Å². The van der Waals surface area contributed by atoms with E-state index >= 15 is 0 Å². The second-order valence-corrected chi connectivity index (χ2v) is 8.41. The molecule has 2 heterocycles. The first kappa shape index (κ1) is 17.9. The Labute approximate surface area is 147 Å². The van der Waals surface area contributed by atoms with Gasteiger partial charge in [-0.25, -0.2) is 4.98 Å².